The summed E-state index contributed by atoms with van der Waals surface area (Å²) < 4.78 is 0.204. The van der Waals surface area contributed by atoms with Gasteiger partial charge in [0.15, 0.2) is 0 Å². The summed E-state index contributed by atoms with van der Waals surface area (Å²) in [5.74, 6) is 1.77. The van der Waals surface area contributed by atoms with Crippen molar-refractivity contribution < 1.29 is 4.79 Å². The zero-order valence-electron chi connectivity index (χ0n) is 11.5. The van der Waals surface area contributed by atoms with Gasteiger partial charge in [-0.15, -0.1) is 23.5 Å². The highest BCUT2D eigenvalue weighted by molar-refractivity contribution is 8.00. The minimum Gasteiger partial charge on any atom is -0.325 e. The molecule has 1 heterocycles. The van der Waals surface area contributed by atoms with E-state index in [1.54, 1.807) is 11.8 Å². The Hall–Kier alpha value is -0.650. The number of benzene rings is 1. The van der Waals surface area contributed by atoms with Crippen molar-refractivity contribution in [2.75, 3.05) is 16.9 Å². The molecule has 1 atom stereocenters. The van der Waals surface area contributed by atoms with Crippen molar-refractivity contribution in [3.05, 3.63) is 24.3 Å². The van der Waals surface area contributed by atoms with Crippen LogP contribution in [0.5, 0.6) is 0 Å². The zero-order valence-corrected chi connectivity index (χ0v) is 13.2. The van der Waals surface area contributed by atoms with Gasteiger partial charge in [0.2, 0.25) is 5.91 Å². The molecule has 1 aliphatic rings. The first kappa shape index (κ1) is 14.8. The Kier molecular flexibility index (Phi) is 4.81. The van der Waals surface area contributed by atoms with Gasteiger partial charge in [0.25, 0.3) is 0 Å². The second kappa shape index (κ2) is 6.20. The molecule has 2 N–H and O–H groups in total. The molecule has 0 bridgehead atoms. The standard InChI is InChI=1S/C14H20N2OS2/c1-14(2,3)19-11-6-4-10(5-7-11)16-13(17)12-8-18-9-15-12/h4-7,12,15H,8-9H2,1-3H3,(H,16,17). The molecule has 0 radical (unpaired) electrons. The average Bonchev–Trinajstić information content (AvgIpc) is 2.83. The summed E-state index contributed by atoms with van der Waals surface area (Å²) in [5.41, 5.74) is 0.863. The summed E-state index contributed by atoms with van der Waals surface area (Å²) in [5, 5.41) is 6.12. The van der Waals surface area contributed by atoms with Crippen LogP contribution >= 0.6 is 23.5 Å². The van der Waals surface area contributed by atoms with Gasteiger partial charge in [-0.2, -0.15) is 0 Å². The molecule has 1 unspecified atom stereocenters. The molecule has 0 aromatic heterocycles. The van der Waals surface area contributed by atoms with Crippen molar-refractivity contribution in [2.24, 2.45) is 0 Å². The van der Waals surface area contributed by atoms with Crippen LogP contribution in [0.2, 0.25) is 0 Å². The first-order valence-corrected chi connectivity index (χ1v) is 8.32. The first-order chi connectivity index (χ1) is 8.94. The molecule has 0 spiro atoms. The van der Waals surface area contributed by atoms with E-state index in [2.05, 4.69) is 43.5 Å². The Morgan fingerprint density at radius 2 is 2.05 bits per heavy atom. The molecule has 2 rings (SSSR count). The predicted octanol–water partition coefficient (Wildman–Crippen LogP) is 3.18. The molecule has 1 saturated heterocycles. The van der Waals surface area contributed by atoms with E-state index in [9.17, 15) is 4.79 Å². The van der Waals surface area contributed by atoms with E-state index in [1.807, 2.05) is 23.9 Å². The van der Waals surface area contributed by atoms with E-state index in [4.69, 9.17) is 0 Å². The van der Waals surface area contributed by atoms with Crippen LogP contribution in [-0.4, -0.2) is 28.3 Å². The number of carbonyl (C=O) groups excluding carboxylic acids is 1. The number of rotatable bonds is 3. The van der Waals surface area contributed by atoms with E-state index in [0.29, 0.717) is 0 Å². The summed E-state index contributed by atoms with van der Waals surface area (Å²) in [6, 6.07) is 7.99. The van der Waals surface area contributed by atoms with Gasteiger partial charge in [-0.25, -0.2) is 0 Å². The second-order valence-corrected chi connectivity index (χ2v) is 8.43. The van der Waals surface area contributed by atoms with Gasteiger partial charge in [0.1, 0.15) is 0 Å². The fourth-order valence-electron chi connectivity index (χ4n) is 1.75. The molecule has 1 aromatic rings. The molecule has 0 aliphatic carbocycles. The highest BCUT2D eigenvalue weighted by atomic mass is 32.2. The molecule has 0 saturated carbocycles. The van der Waals surface area contributed by atoms with Gasteiger partial charge in [-0.3, -0.25) is 10.1 Å². The number of carbonyl (C=O) groups is 1. The topological polar surface area (TPSA) is 41.1 Å². The minimum absolute atomic E-state index is 0.0567. The number of anilines is 1. The third-order valence-corrected chi connectivity index (χ3v) is 4.64. The van der Waals surface area contributed by atoms with E-state index in [-0.39, 0.29) is 16.7 Å². The van der Waals surface area contributed by atoms with Crippen LogP contribution in [0.25, 0.3) is 0 Å². The summed E-state index contributed by atoms with van der Waals surface area (Å²) in [7, 11) is 0. The van der Waals surface area contributed by atoms with Gasteiger partial charge >= 0.3 is 0 Å². The van der Waals surface area contributed by atoms with E-state index < -0.39 is 0 Å². The van der Waals surface area contributed by atoms with Crippen LogP contribution in [-0.2, 0) is 4.79 Å². The van der Waals surface area contributed by atoms with Gasteiger partial charge in [-0.1, -0.05) is 20.8 Å². The van der Waals surface area contributed by atoms with E-state index in [1.165, 1.54) is 4.90 Å². The SMILES string of the molecule is CC(C)(C)Sc1ccc(NC(=O)C2CSCN2)cc1. The maximum Gasteiger partial charge on any atom is 0.242 e. The average molecular weight is 296 g/mol. The van der Waals surface area contributed by atoms with Crippen molar-refractivity contribution >= 4 is 35.1 Å². The molecular formula is C14H20N2OS2. The van der Waals surface area contributed by atoms with Crippen LogP contribution < -0.4 is 10.6 Å². The van der Waals surface area contributed by atoms with Gasteiger partial charge in [0, 0.05) is 27.0 Å². The predicted molar refractivity (Wildman–Crippen MR) is 84.9 cm³/mol. The van der Waals surface area contributed by atoms with Crippen LogP contribution in [0, 0.1) is 0 Å². The molecule has 1 amide bonds. The lowest BCUT2D eigenvalue weighted by molar-refractivity contribution is -0.117. The fraction of sp³-hybridized carbons (Fsp3) is 0.500. The Morgan fingerprint density at radius 1 is 1.37 bits per heavy atom. The number of thioether (sulfide) groups is 2. The monoisotopic (exact) mass is 296 g/mol. The highest BCUT2D eigenvalue weighted by Crippen LogP contribution is 2.32. The Labute approximate surface area is 123 Å². The molecule has 1 aromatic carbocycles. The maximum atomic E-state index is 11.9. The van der Waals surface area contributed by atoms with E-state index in [0.717, 1.165) is 17.3 Å². The molecule has 1 fully saturated rings. The first-order valence-electron chi connectivity index (χ1n) is 6.35. The van der Waals surface area contributed by atoms with Crippen molar-refractivity contribution in [3.8, 4) is 0 Å². The van der Waals surface area contributed by atoms with E-state index >= 15 is 0 Å². The largest absolute Gasteiger partial charge is 0.325 e. The van der Waals surface area contributed by atoms with Crippen LogP contribution in [0.3, 0.4) is 0 Å². The van der Waals surface area contributed by atoms with Crippen molar-refractivity contribution in [1.29, 1.82) is 0 Å². The number of nitrogens with one attached hydrogen (secondary N) is 2. The third kappa shape index (κ3) is 4.75. The lowest BCUT2D eigenvalue weighted by Crippen LogP contribution is -2.37. The number of hydrogen-bond acceptors (Lipinski definition) is 4. The fourth-order valence-corrected chi connectivity index (χ4v) is 3.67. The van der Waals surface area contributed by atoms with Crippen LogP contribution in [0.1, 0.15) is 20.8 Å². The van der Waals surface area contributed by atoms with Crippen molar-refractivity contribution in [1.82, 2.24) is 5.32 Å². The maximum absolute atomic E-state index is 11.9. The summed E-state index contributed by atoms with van der Waals surface area (Å²) in [4.78, 5) is 13.2. The van der Waals surface area contributed by atoms with Gasteiger partial charge in [0.05, 0.1) is 6.04 Å². The van der Waals surface area contributed by atoms with Gasteiger partial charge < -0.3 is 5.32 Å². The second-order valence-electron chi connectivity index (χ2n) is 5.50. The minimum atomic E-state index is -0.0615. The number of hydrogen-bond donors (Lipinski definition) is 2. The Balaban J connectivity index is 1.93. The lowest BCUT2D eigenvalue weighted by Gasteiger charge is -2.17. The Bertz CT molecular complexity index is 434. The molecule has 3 nitrogen and oxygen atoms in total. The number of amides is 1. The molecular weight excluding hydrogens is 276 g/mol. The van der Waals surface area contributed by atoms with Crippen molar-refractivity contribution in [2.45, 2.75) is 36.5 Å². The van der Waals surface area contributed by atoms with Crippen LogP contribution in [0.15, 0.2) is 29.2 Å². The summed E-state index contributed by atoms with van der Waals surface area (Å²) in [6.07, 6.45) is 0. The lowest BCUT2D eigenvalue weighted by atomic mass is 10.2. The summed E-state index contributed by atoms with van der Waals surface area (Å²) >= 11 is 3.58. The molecule has 19 heavy (non-hydrogen) atoms. The summed E-state index contributed by atoms with van der Waals surface area (Å²) in [6.45, 7) is 6.57. The Morgan fingerprint density at radius 3 is 2.58 bits per heavy atom. The molecule has 104 valence electrons. The molecule has 1 aliphatic heterocycles. The normalized spacial score (nSPS) is 19.4. The quantitative estimate of drug-likeness (QED) is 0.841. The smallest absolute Gasteiger partial charge is 0.242 e. The molecule has 5 heteroatoms. The zero-order chi connectivity index (χ0) is 13.9. The third-order valence-electron chi connectivity index (χ3n) is 2.58. The van der Waals surface area contributed by atoms with Crippen molar-refractivity contribution in [3.63, 3.8) is 0 Å². The van der Waals surface area contributed by atoms with Gasteiger partial charge in [-0.05, 0) is 24.3 Å². The van der Waals surface area contributed by atoms with Crippen LogP contribution in [0.4, 0.5) is 5.69 Å². The highest BCUT2D eigenvalue weighted by Gasteiger charge is 2.22.